The highest BCUT2D eigenvalue weighted by Crippen LogP contribution is 2.25. The molecule has 1 aromatic heterocycles. The Bertz CT molecular complexity index is 941. The molecule has 0 saturated heterocycles. The van der Waals surface area contributed by atoms with E-state index >= 15 is 0 Å². The Morgan fingerprint density at radius 2 is 1.93 bits per heavy atom. The van der Waals surface area contributed by atoms with Gasteiger partial charge in [0.25, 0.3) is 0 Å². The maximum absolute atomic E-state index is 13.2. The third-order valence-corrected chi connectivity index (χ3v) is 4.70. The second-order valence-electron chi connectivity index (χ2n) is 6.66. The fourth-order valence-electron chi connectivity index (χ4n) is 3.20. The van der Waals surface area contributed by atoms with Crippen LogP contribution in [0.2, 0.25) is 0 Å². The van der Waals surface area contributed by atoms with Crippen LogP contribution < -0.4 is 10.6 Å². The molecule has 1 aliphatic rings. The number of benzene rings is 2. The van der Waals surface area contributed by atoms with Crippen LogP contribution in [0.3, 0.4) is 0 Å². The molecule has 28 heavy (non-hydrogen) atoms. The van der Waals surface area contributed by atoms with Crippen LogP contribution >= 0.6 is 0 Å². The summed E-state index contributed by atoms with van der Waals surface area (Å²) in [6.45, 7) is 1.81. The number of rotatable bonds is 5. The Labute approximate surface area is 162 Å². The standard InChI is InChI=1S/C21H21FN4O2/c22-17-8-6-16(7-9-17)19-12-23-20-14-28-18(13-26(19)20)11-25-21(27)24-10-15-4-2-1-3-5-15/h1-9,12,18H,10-11,13-14H2,(H2,24,25,27)/t18-/m0/s1. The van der Waals surface area contributed by atoms with Gasteiger partial charge in [0.15, 0.2) is 0 Å². The van der Waals surface area contributed by atoms with Gasteiger partial charge >= 0.3 is 6.03 Å². The largest absolute Gasteiger partial charge is 0.367 e. The van der Waals surface area contributed by atoms with E-state index in [1.807, 2.05) is 30.3 Å². The maximum atomic E-state index is 13.2. The molecule has 1 atom stereocenters. The molecule has 2 heterocycles. The highest BCUT2D eigenvalue weighted by molar-refractivity contribution is 5.73. The average Bonchev–Trinajstić information content (AvgIpc) is 3.15. The smallest absolute Gasteiger partial charge is 0.315 e. The van der Waals surface area contributed by atoms with Gasteiger partial charge in [-0.1, -0.05) is 30.3 Å². The van der Waals surface area contributed by atoms with Crippen LogP contribution in [0.25, 0.3) is 11.3 Å². The minimum absolute atomic E-state index is 0.164. The Hall–Kier alpha value is -3.19. The summed E-state index contributed by atoms with van der Waals surface area (Å²) in [5.74, 6) is 0.554. The predicted octanol–water partition coefficient (Wildman–Crippen LogP) is 3.09. The molecule has 2 amide bonds. The van der Waals surface area contributed by atoms with Crippen LogP contribution in [0.5, 0.6) is 0 Å². The van der Waals surface area contributed by atoms with Crippen molar-refractivity contribution in [2.45, 2.75) is 25.8 Å². The summed E-state index contributed by atoms with van der Waals surface area (Å²) in [4.78, 5) is 16.4. The zero-order valence-corrected chi connectivity index (χ0v) is 15.3. The SMILES string of the molecule is O=C(NCc1ccccc1)NC[C@H]1Cn2c(-c3ccc(F)cc3)cnc2CO1. The maximum Gasteiger partial charge on any atom is 0.315 e. The fraction of sp³-hybridized carbons (Fsp3) is 0.238. The lowest BCUT2D eigenvalue weighted by Crippen LogP contribution is -2.43. The van der Waals surface area contributed by atoms with E-state index in [0.717, 1.165) is 22.6 Å². The molecule has 7 heteroatoms. The van der Waals surface area contributed by atoms with Crippen molar-refractivity contribution in [2.24, 2.45) is 0 Å². The van der Waals surface area contributed by atoms with Crippen LogP contribution in [0.4, 0.5) is 9.18 Å². The lowest BCUT2D eigenvalue weighted by molar-refractivity contribution is 0.00492. The normalized spacial score (nSPS) is 15.7. The van der Waals surface area contributed by atoms with Crippen molar-refractivity contribution in [3.05, 3.63) is 78.0 Å². The third kappa shape index (κ3) is 4.20. The number of carbonyl (C=O) groups excluding carboxylic acids is 1. The first-order valence-corrected chi connectivity index (χ1v) is 9.16. The zero-order chi connectivity index (χ0) is 19.3. The lowest BCUT2D eigenvalue weighted by atomic mass is 10.1. The van der Waals surface area contributed by atoms with Gasteiger partial charge in [0.1, 0.15) is 18.2 Å². The summed E-state index contributed by atoms with van der Waals surface area (Å²) in [6.07, 6.45) is 1.61. The van der Waals surface area contributed by atoms with Crippen molar-refractivity contribution >= 4 is 6.03 Å². The van der Waals surface area contributed by atoms with Gasteiger partial charge in [-0.2, -0.15) is 0 Å². The van der Waals surface area contributed by atoms with Crippen LogP contribution in [0.1, 0.15) is 11.4 Å². The number of imidazole rings is 1. The van der Waals surface area contributed by atoms with Crippen molar-refractivity contribution in [3.63, 3.8) is 0 Å². The number of fused-ring (bicyclic) bond motifs is 1. The number of halogens is 1. The van der Waals surface area contributed by atoms with Gasteiger partial charge in [-0.05, 0) is 35.4 Å². The van der Waals surface area contributed by atoms with Crippen molar-refractivity contribution in [2.75, 3.05) is 6.54 Å². The number of nitrogens with one attached hydrogen (secondary N) is 2. The molecule has 3 aromatic rings. The molecule has 6 nitrogen and oxygen atoms in total. The molecular formula is C21H21FN4O2. The van der Waals surface area contributed by atoms with Crippen LogP contribution in [0, 0.1) is 5.82 Å². The Morgan fingerprint density at radius 3 is 2.71 bits per heavy atom. The van der Waals surface area contributed by atoms with Gasteiger partial charge in [0, 0.05) is 13.1 Å². The first-order chi connectivity index (χ1) is 13.7. The second-order valence-corrected chi connectivity index (χ2v) is 6.66. The molecule has 2 N–H and O–H groups in total. The van der Waals surface area contributed by atoms with Gasteiger partial charge < -0.3 is 19.9 Å². The summed E-state index contributed by atoms with van der Waals surface area (Å²) < 4.78 is 21.0. The molecule has 0 bridgehead atoms. The molecule has 0 aliphatic carbocycles. The van der Waals surface area contributed by atoms with Gasteiger partial charge in [-0.25, -0.2) is 14.2 Å². The Balaban J connectivity index is 1.33. The Kier molecular flexibility index (Phi) is 5.34. The lowest BCUT2D eigenvalue weighted by Gasteiger charge is -2.26. The molecule has 0 saturated carbocycles. The van der Waals surface area contributed by atoms with Crippen molar-refractivity contribution in [1.82, 2.24) is 20.2 Å². The van der Waals surface area contributed by atoms with E-state index in [4.69, 9.17) is 4.74 Å². The van der Waals surface area contributed by atoms with Crippen molar-refractivity contribution in [1.29, 1.82) is 0 Å². The first kappa shape index (κ1) is 18.2. The number of nitrogens with zero attached hydrogens (tertiary/aromatic N) is 2. The average molecular weight is 380 g/mol. The molecule has 144 valence electrons. The van der Waals surface area contributed by atoms with Crippen LogP contribution in [-0.2, 0) is 24.4 Å². The highest BCUT2D eigenvalue weighted by Gasteiger charge is 2.23. The summed E-state index contributed by atoms with van der Waals surface area (Å²) in [7, 11) is 0. The molecular weight excluding hydrogens is 359 g/mol. The number of ether oxygens (including phenoxy) is 1. The van der Waals surface area contributed by atoms with Crippen molar-refractivity contribution in [3.8, 4) is 11.3 Å². The number of hydrogen-bond donors (Lipinski definition) is 2. The number of hydrogen-bond acceptors (Lipinski definition) is 3. The van der Waals surface area contributed by atoms with E-state index in [9.17, 15) is 9.18 Å². The van der Waals surface area contributed by atoms with Gasteiger partial charge in [-0.15, -0.1) is 0 Å². The summed E-state index contributed by atoms with van der Waals surface area (Å²) >= 11 is 0. The van der Waals surface area contributed by atoms with Crippen LogP contribution in [0.15, 0.2) is 60.8 Å². The Morgan fingerprint density at radius 1 is 1.14 bits per heavy atom. The van der Waals surface area contributed by atoms with Gasteiger partial charge in [0.05, 0.1) is 24.5 Å². The monoisotopic (exact) mass is 380 g/mol. The van der Waals surface area contributed by atoms with E-state index in [1.54, 1.807) is 18.3 Å². The molecule has 1 aliphatic heterocycles. The summed E-state index contributed by atoms with van der Waals surface area (Å²) in [5, 5.41) is 5.69. The molecule has 4 rings (SSSR count). The first-order valence-electron chi connectivity index (χ1n) is 9.16. The molecule has 2 aromatic carbocycles. The predicted molar refractivity (Wildman–Crippen MR) is 103 cm³/mol. The highest BCUT2D eigenvalue weighted by atomic mass is 19.1. The molecule has 0 radical (unpaired) electrons. The van der Waals surface area contributed by atoms with Gasteiger partial charge in [0.2, 0.25) is 0 Å². The molecule has 0 unspecified atom stereocenters. The third-order valence-electron chi connectivity index (χ3n) is 4.70. The molecule has 0 fully saturated rings. The quantitative estimate of drug-likeness (QED) is 0.715. The topological polar surface area (TPSA) is 68.2 Å². The minimum atomic E-state index is -0.269. The van der Waals surface area contributed by atoms with E-state index in [1.165, 1.54) is 12.1 Å². The summed E-state index contributed by atoms with van der Waals surface area (Å²) in [6, 6.07) is 15.8. The zero-order valence-electron chi connectivity index (χ0n) is 15.3. The number of aromatic nitrogens is 2. The number of amides is 2. The second kappa shape index (κ2) is 8.22. The van der Waals surface area contributed by atoms with Gasteiger partial charge in [-0.3, -0.25) is 0 Å². The van der Waals surface area contributed by atoms with E-state index in [0.29, 0.717) is 26.2 Å². The van der Waals surface area contributed by atoms with Crippen molar-refractivity contribution < 1.29 is 13.9 Å². The minimum Gasteiger partial charge on any atom is -0.367 e. The molecule has 0 spiro atoms. The van der Waals surface area contributed by atoms with Crippen LogP contribution in [-0.4, -0.2) is 28.2 Å². The van der Waals surface area contributed by atoms with E-state index in [-0.39, 0.29) is 18.0 Å². The van der Waals surface area contributed by atoms with E-state index in [2.05, 4.69) is 20.2 Å². The number of urea groups is 1. The number of carbonyl (C=O) groups is 1. The summed E-state index contributed by atoms with van der Waals surface area (Å²) in [5.41, 5.74) is 2.85. The fourth-order valence-corrected chi connectivity index (χ4v) is 3.20. The van der Waals surface area contributed by atoms with E-state index < -0.39 is 0 Å².